The lowest BCUT2D eigenvalue weighted by atomic mass is 10.1. The minimum Gasteiger partial charge on any atom is -0.494 e. The quantitative estimate of drug-likeness (QED) is 0.207. The van der Waals surface area contributed by atoms with E-state index >= 15 is 0 Å². The average Bonchev–Trinajstić information content (AvgIpc) is 2.82. The zero-order valence-corrected chi connectivity index (χ0v) is 18.2. The van der Waals surface area contributed by atoms with Gasteiger partial charge in [0.2, 0.25) is 0 Å². The summed E-state index contributed by atoms with van der Waals surface area (Å²) in [5, 5.41) is 23.5. The first kappa shape index (κ1) is 23.3. The van der Waals surface area contributed by atoms with Crippen molar-refractivity contribution in [2.45, 2.75) is 6.61 Å². The molecule has 0 unspecified atom stereocenters. The van der Waals surface area contributed by atoms with Crippen LogP contribution < -0.4 is 14.8 Å². The first-order chi connectivity index (χ1) is 15.9. The van der Waals surface area contributed by atoms with Gasteiger partial charge in [-0.05, 0) is 35.9 Å². The third-order valence-electron chi connectivity index (χ3n) is 4.55. The van der Waals surface area contributed by atoms with Gasteiger partial charge in [-0.25, -0.2) is 0 Å². The predicted octanol–water partition coefficient (Wildman–Crippen LogP) is 5.38. The second-order valence-corrected chi connectivity index (χ2v) is 7.12. The van der Waals surface area contributed by atoms with E-state index in [9.17, 15) is 20.2 Å². The Kier molecular flexibility index (Phi) is 7.63. The van der Waals surface area contributed by atoms with Crippen molar-refractivity contribution in [2.75, 3.05) is 12.4 Å². The third-order valence-corrected chi connectivity index (χ3v) is 4.92. The van der Waals surface area contributed by atoms with Crippen molar-refractivity contribution in [3.63, 3.8) is 0 Å². The fraction of sp³-hybridized carbons (Fsp3) is 0.0833. The van der Waals surface area contributed by atoms with Gasteiger partial charge in [-0.2, -0.15) is 5.26 Å². The number of hydrogen-bond donors (Lipinski definition) is 1. The standard InChI is InChI=1S/C24H18ClN3O5/c1-32-23-13-19(28(30)31)8-11-22(23)27-24(29)18(14-26)12-16-6-9-20(10-7-16)33-15-17-4-2-3-5-21(17)25/h2-13H,15H2,1H3,(H,27,29)/b18-12+. The average molecular weight is 464 g/mol. The van der Waals surface area contributed by atoms with Crippen LogP contribution in [0, 0.1) is 21.4 Å². The highest BCUT2D eigenvalue weighted by Crippen LogP contribution is 2.29. The Labute approximate surface area is 194 Å². The van der Waals surface area contributed by atoms with Gasteiger partial charge < -0.3 is 14.8 Å². The number of amides is 1. The molecule has 0 heterocycles. The Morgan fingerprint density at radius 3 is 2.55 bits per heavy atom. The van der Waals surface area contributed by atoms with Gasteiger partial charge >= 0.3 is 0 Å². The molecule has 3 aromatic rings. The van der Waals surface area contributed by atoms with Crippen LogP contribution in [0.5, 0.6) is 11.5 Å². The highest BCUT2D eigenvalue weighted by atomic mass is 35.5. The van der Waals surface area contributed by atoms with Crippen molar-refractivity contribution in [1.29, 1.82) is 5.26 Å². The Morgan fingerprint density at radius 2 is 1.91 bits per heavy atom. The van der Waals surface area contributed by atoms with Gasteiger partial charge in [0.15, 0.2) is 0 Å². The van der Waals surface area contributed by atoms with Crippen LogP contribution in [0.15, 0.2) is 72.3 Å². The summed E-state index contributed by atoms with van der Waals surface area (Å²) in [4.78, 5) is 22.9. The van der Waals surface area contributed by atoms with E-state index in [1.807, 2.05) is 24.3 Å². The highest BCUT2D eigenvalue weighted by molar-refractivity contribution is 6.31. The van der Waals surface area contributed by atoms with Crippen molar-refractivity contribution in [3.8, 4) is 17.6 Å². The molecule has 166 valence electrons. The van der Waals surface area contributed by atoms with Gasteiger partial charge in [-0.1, -0.05) is 41.9 Å². The number of rotatable bonds is 8. The van der Waals surface area contributed by atoms with Crippen molar-refractivity contribution >= 4 is 35.0 Å². The van der Waals surface area contributed by atoms with Gasteiger partial charge in [0, 0.05) is 16.7 Å². The van der Waals surface area contributed by atoms with Crippen LogP contribution in [0.25, 0.3) is 6.08 Å². The summed E-state index contributed by atoms with van der Waals surface area (Å²) in [5.41, 5.74) is 1.34. The number of anilines is 1. The predicted molar refractivity (Wildman–Crippen MR) is 124 cm³/mol. The lowest BCUT2D eigenvalue weighted by Gasteiger charge is -2.10. The van der Waals surface area contributed by atoms with Gasteiger partial charge in [-0.3, -0.25) is 14.9 Å². The molecule has 8 nitrogen and oxygen atoms in total. The Morgan fingerprint density at radius 1 is 1.18 bits per heavy atom. The second kappa shape index (κ2) is 10.8. The number of carbonyl (C=O) groups is 1. The molecule has 3 rings (SSSR count). The molecule has 9 heteroatoms. The van der Waals surface area contributed by atoms with Crippen molar-refractivity contribution in [3.05, 3.63) is 98.6 Å². The number of nitrogens with zero attached hydrogens (tertiary/aromatic N) is 2. The van der Waals surface area contributed by atoms with E-state index in [4.69, 9.17) is 21.1 Å². The molecule has 0 spiro atoms. The molecule has 3 aromatic carbocycles. The van der Waals surface area contributed by atoms with Crippen molar-refractivity contribution < 1.29 is 19.2 Å². The maximum absolute atomic E-state index is 12.6. The molecule has 33 heavy (non-hydrogen) atoms. The number of nitro groups is 1. The monoisotopic (exact) mass is 463 g/mol. The molecule has 0 aliphatic carbocycles. The van der Waals surface area contributed by atoms with Crippen LogP contribution in [-0.2, 0) is 11.4 Å². The summed E-state index contributed by atoms with van der Waals surface area (Å²) in [7, 11) is 1.32. The van der Waals surface area contributed by atoms with E-state index in [1.165, 1.54) is 31.4 Å². The zero-order chi connectivity index (χ0) is 23.8. The van der Waals surface area contributed by atoms with E-state index in [-0.39, 0.29) is 22.7 Å². The summed E-state index contributed by atoms with van der Waals surface area (Å²) in [6.45, 7) is 0.303. The highest BCUT2D eigenvalue weighted by Gasteiger charge is 2.16. The maximum Gasteiger partial charge on any atom is 0.273 e. The van der Waals surface area contributed by atoms with Crippen LogP contribution in [0.4, 0.5) is 11.4 Å². The maximum atomic E-state index is 12.6. The van der Waals surface area contributed by atoms with E-state index in [0.29, 0.717) is 22.9 Å². The Balaban J connectivity index is 1.70. The van der Waals surface area contributed by atoms with Crippen LogP contribution in [-0.4, -0.2) is 17.9 Å². The first-order valence-corrected chi connectivity index (χ1v) is 10.0. The van der Waals surface area contributed by atoms with Crippen LogP contribution in [0.1, 0.15) is 11.1 Å². The molecular formula is C24H18ClN3O5. The summed E-state index contributed by atoms with van der Waals surface area (Å²) in [5.74, 6) is 0.0317. The number of benzene rings is 3. The summed E-state index contributed by atoms with van der Waals surface area (Å²) in [6.07, 6.45) is 1.42. The van der Waals surface area contributed by atoms with Crippen molar-refractivity contribution in [1.82, 2.24) is 0 Å². The third kappa shape index (κ3) is 6.09. The first-order valence-electron chi connectivity index (χ1n) is 9.63. The number of non-ortho nitro benzene ring substituents is 1. The smallest absolute Gasteiger partial charge is 0.273 e. The SMILES string of the molecule is COc1cc([N+](=O)[O-])ccc1NC(=O)/C(C#N)=C/c1ccc(OCc2ccccc2Cl)cc1. The molecule has 0 aliphatic rings. The Bertz CT molecular complexity index is 1250. The molecule has 0 radical (unpaired) electrons. The van der Waals surface area contributed by atoms with E-state index in [1.54, 1.807) is 30.3 Å². The largest absolute Gasteiger partial charge is 0.494 e. The number of carbonyl (C=O) groups excluding carboxylic acids is 1. The van der Waals surface area contributed by atoms with Gasteiger partial charge in [0.05, 0.1) is 23.8 Å². The molecule has 0 saturated carbocycles. The number of nitro benzene ring substituents is 1. The van der Waals surface area contributed by atoms with Gasteiger partial charge in [0.1, 0.15) is 29.7 Å². The van der Waals surface area contributed by atoms with Gasteiger partial charge in [-0.15, -0.1) is 0 Å². The summed E-state index contributed by atoms with van der Waals surface area (Å²) in [6, 6.07) is 19.8. The molecule has 1 amide bonds. The Hall–Kier alpha value is -4.35. The molecule has 0 fully saturated rings. The van der Waals surface area contributed by atoms with Crippen molar-refractivity contribution in [2.24, 2.45) is 0 Å². The zero-order valence-electron chi connectivity index (χ0n) is 17.4. The number of halogens is 1. The van der Waals surface area contributed by atoms with E-state index in [2.05, 4.69) is 5.32 Å². The number of nitrogens with one attached hydrogen (secondary N) is 1. The lowest BCUT2D eigenvalue weighted by Crippen LogP contribution is -2.14. The summed E-state index contributed by atoms with van der Waals surface area (Å²) < 4.78 is 10.8. The molecule has 0 bridgehead atoms. The lowest BCUT2D eigenvalue weighted by molar-refractivity contribution is -0.384. The normalized spacial score (nSPS) is 10.8. The van der Waals surface area contributed by atoms with Crippen LogP contribution in [0.2, 0.25) is 5.02 Å². The minimum atomic E-state index is -0.677. The fourth-order valence-electron chi connectivity index (χ4n) is 2.84. The molecule has 1 N–H and O–H groups in total. The molecule has 0 atom stereocenters. The number of methoxy groups -OCH3 is 1. The van der Waals surface area contributed by atoms with Crippen LogP contribution >= 0.6 is 11.6 Å². The fourth-order valence-corrected chi connectivity index (χ4v) is 3.03. The molecular weight excluding hydrogens is 446 g/mol. The number of hydrogen-bond acceptors (Lipinski definition) is 6. The summed E-state index contributed by atoms with van der Waals surface area (Å²) >= 11 is 6.12. The minimum absolute atomic E-state index is 0.106. The topological polar surface area (TPSA) is 114 Å². The number of nitriles is 1. The second-order valence-electron chi connectivity index (χ2n) is 6.71. The molecule has 0 saturated heterocycles. The number of ether oxygens (including phenoxy) is 2. The molecule has 0 aromatic heterocycles. The van der Waals surface area contributed by atoms with E-state index in [0.717, 1.165) is 5.56 Å². The van der Waals surface area contributed by atoms with Crippen LogP contribution in [0.3, 0.4) is 0 Å². The molecule has 0 aliphatic heterocycles. The van der Waals surface area contributed by atoms with E-state index < -0.39 is 10.8 Å². The van der Waals surface area contributed by atoms with Gasteiger partial charge in [0.25, 0.3) is 11.6 Å².